The number of carbonyl (C=O) groups is 2. The van der Waals surface area contributed by atoms with Crippen molar-refractivity contribution in [3.05, 3.63) is 23.5 Å². The zero-order chi connectivity index (χ0) is 17.2. The fourth-order valence-electron chi connectivity index (χ4n) is 2.52. The zero-order valence-corrected chi connectivity index (χ0v) is 12.4. The van der Waals surface area contributed by atoms with Crippen LogP contribution < -0.4 is 5.73 Å². The van der Waals surface area contributed by atoms with Crippen molar-refractivity contribution in [2.45, 2.75) is 31.5 Å². The molecule has 126 valence electrons. The van der Waals surface area contributed by atoms with E-state index in [9.17, 15) is 22.8 Å². The second-order valence-corrected chi connectivity index (χ2v) is 5.17. The third-order valence-corrected chi connectivity index (χ3v) is 3.65. The van der Waals surface area contributed by atoms with E-state index in [4.69, 9.17) is 5.73 Å². The van der Waals surface area contributed by atoms with Crippen LogP contribution in [-0.2, 0) is 15.7 Å². The van der Waals surface area contributed by atoms with E-state index >= 15 is 0 Å². The summed E-state index contributed by atoms with van der Waals surface area (Å²) in [7, 11) is 1.20. The molecule has 6 nitrogen and oxygen atoms in total. The maximum absolute atomic E-state index is 12.9. The maximum atomic E-state index is 12.9. The lowest BCUT2D eigenvalue weighted by Crippen LogP contribution is -2.48. The van der Waals surface area contributed by atoms with Crippen molar-refractivity contribution in [3.8, 4) is 0 Å². The third kappa shape index (κ3) is 3.54. The summed E-state index contributed by atoms with van der Waals surface area (Å²) >= 11 is 0. The molecule has 0 spiro atoms. The van der Waals surface area contributed by atoms with Crippen molar-refractivity contribution in [2.75, 3.05) is 19.4 Å². The molecule has 1 atom stereocenters. The standard InChI is InChI=1S/C14H16F3N3O3/c1-23-13(22)10-4-2-3-7-20(10)12(21)9-6-5-8(18)11(19-9)14(15,16)17/h5-6,10H,2-4,7,18H2,1H3/t10-/m1/s1. The number of likely N-dealkylation sites (tertiary alicyclic amines) is 1. The summed E-state index contributed by atoms with van der Waals surface area (Å²) in [6.45, 7) is 0.256. The van der Waals surface area contributed by atoms with Crippen molar-refractivity contribution in [1.29, 1.82) is 0 Å². The highest BCUT2D eigenvalue weighted by Crippen LogP contribution is 2.32. The Bertz CT molecular complexity index is 619. The minimum atomic E-state index is -4.76. The van der Waals surface area contributed by atoms with Gasteiger partial charge in [0.2, 0.25) is 0 Å². The largest absolute Gasteiger partial charge is 0.467 e. The van der Waals surface area contributed by atoms with Gasteiger partial charge >= 0.3 is 12.1 Å². The molecule has 2 N–H and O–H groups in total. The van der Waals surface area contributed by atoms with Gasteiger partial charge in [-0.25, -0.2) is 9.78 Å². The van der Waals surface area contributed by atoms with E-state index in [1.807, 2.05) is 0 Å². The monoisotopic (exact) mass is 331 g/mol. The maximum Gasteiger partial charge on any atom is 0.435 e. The number of piperidine rings is 1. The van der Waals surface area contributed by atoms with Gasteiger partial charge in [0.15, 0.2) is 5.69 Å². The van der Waals surface area contributed by atoms with Crippen LogP contribution in [0.4, 0.5) is 18.9 Å². The number of aromatic nitrogens is 1. The minimum Gasteiger partial charge on any atom is -0.467 e. The molecule has 0 bridgehead atoms. The van der Waals surface area contributed by atoms with Gasteiger partial charge < -0.3 is 15.4 Å². The second-order valence-electron chi connectivity index (χ2n) is 5.17. The van der Waals surface area contributed by atoms with Gasteiger partial charge in [0, 0.05) is 6.54 Å². The normalized spacial score (nSPS) is 18.6. The molecule has 0 radical (unpaired) electrons. The molecular formula is C14H16F3N3O3. The average Bonchev–Trinajstić information content (AvgIpc) is 2.52. The van der Waals surface area contributed by atoms with E-state index in [0.29, 0.717) is 12.8 Å². The number of hydrogen-bond acceptors (Lipinski definition) is 5. The van der Waals surface area contributed by atoms with Gasteiger partial charge in [-0.15, -0.1) is 0 Å². The predicted molar refractivity (Wildman–Crippen MR) is 74.3 cm³/mol. The molecule has 0 unspecified atom stereocenters. The van der Waals surface area contributed by atoms with E-state index in [1.165, 1.54) is 12.0 Å². The Morgan fingerprint density at radius 2 is 2.04 bits per heavy atom. The molecule has 1 aromatic heterocycles. The summed E-state index contributed by atoms with van der Waals surface area (Å²) < 4.78 is 43.2. The first-order chi connectivity index (χ1) is 10.8. The molecule has 0 aliphatic carbocycles. The highest BCUT2D eigenvalue weighted by atomic mass is 19.4. The Hall–Kier alpha value is -2.32. The molecular weight excluding hydrogens is 315 g/mol. The lowest BCUT2D eigenvalue weighted by molar-refractivity contribution is -0.147. The van der Waals surface area contributed by atoms with Crippen molar-refractivity contribution in [2.24, 2.45) is 0 Å². The second kappa shape index (κ2) is 6.43. The van der Waals surface area contributed by atoms with Crippen LogP contribution in [0.25, 0.3) is 0 Å². The molecule has 1 aliphatic heterocycles. The SMILES string of the molecule is COC(=O)[C@H]1CCCCN1C(=O)c1ccc(N)c(C(F)(F)F)n1. The van der Waals surface area contributed by atoms with Crippen molar-refractivity contribution in [1.82, 2.24) is 9.88 Å². The van der Waals surface area contributed by atoms with E-state index in [0.717, 1.165) is 18.6 Å². The number of amides is 1. The number of hydrogen-bond donors (Lipinski definition) is 1. The molecule has 23 heavy (non-hydrogen) atoms. The Morgan fingerprint density at radius 1 is 1.35 bits per heavy atom. The van der Waals surface area contributed by atoms with Gasteiger partial charge in [-0.2, -0.15) is 13.2 Å². The number of ether oxygens (including phenoxy) is 1. The van der Waals surface area contributed by atoms with Crippen LogP contribution in [0.1, 0.15) is 35.4 Å². The summed E-state index contributed by atoms with van der Waals surface area (Å²) in [5, 5.41) is 0. The lowest BCUT2D eigenvalue weighted by Gasteiger charge is -2.33. The zero-order valence-electron chi connectivity index (χ0n) is 12.4. The van der Waals surface area contributed by atoms with Crippen LogP contribution in [0.15, 0.2) is 12.1 Å². The number of nitrogen functional groups attached to an aromatic ring is 1. The smallest absolute Gasteiger partial charge is 0.435 e. The molecule has 1 aromatic rings. The third-order valence-electron chi connectivity index (χ3n) is 3.65. The fourth-order valence-corrected chi connectivity index (χ4v) is 2.52. The van der Waals surface area contributed by atoms with Crippen LogP contribution >= 0.6 is 0 Å². The first kappa shape index (κ1) is 17.0. The van der Waals surface area contributed by atoms with Crippen LogP contribution in [0.3, 0.4) is 0 Å². The van der Waals surface area contributed by atoms with Gasteiger partial charge in [-0.3, -0.25) is 4.79 Å². The molecule has 1 saturated heterocycles. The summed E-state index contributed by atoms with van der Waals surface area (Å²) in [6.07, 6.45) is -2.98. The van der Waals surface area contributed by atoms with Crippen LogP contribution in [0, 0.1) is 0 Å². The topological polar surface area (TPSA) is 85.5 Å². The number of pyridine rings is 1. The fraction of sp³-hybridized carbons (Fsp3) is 0.500. The Kier molecular flexibility index (Phi) is 4.76. The summed E-state index contributed by atoms with van der Waals surface area (Å²) in [5.74, 6) is -1.34. The number of alkyl halides is 3. The molecule has 9 heteroatoms. The highest BCUT2D eigenvalue weighted by Gasteiger charge is 2.38. The predicted octanol–water partition coefficient (Wildman–Crippen LogP) is 1.85. The lowest BCUT2D eigenvalue weighted by atomic mass is 10.0. The molecule has 1 aliphatic rings. The van der Waals surface area contributed by atoms with E-state index < -0.39 is 41.2 Å². The summed E-state index contributed by atoms with van der Waals surface area (Å²) in [4.78, 5) is 28.8. The Labute approximate surface area is 130 Å². The van der Waals surface area contributed by atoms with Gasteiger partial charge in [0.05, 0.1) is 12.8 Å². The van der Waals surface area contributed by atoms with Crippen LogP contribution in [0.2, 0.25) is 0 Å². The number of anilines is 1. The number of methoxy groups -OCH3 is 1. The molecule has 1 amide bonds. The number of nitrogens with zero attached hydrogens (tertiary/aromatic N) is 2. The van der Waals surface area contributed by atoms with Gasteiger partial charge in [-0.1, -0.05) is 0 Å². The van der Waals surface area contributed by atoms with Gasteiger partial charge in [0.1, 0.15) is 11.7 Å². The summed E-state index contributed by atoms with van der Waals surface area (Å²) in [6, 6.07) is 1.30. The number of nitrogens with two attached hydrogens (primary N) is 1. The quantitative estimate of drug-likeness (QED) is 0.836. The van der Waals surface area contributed by atoms with Crippen LogP contribution in [-0.4, -0.2) is 41.5 Å². The number of carbonyl (C=O) groups excluding carboxylic acids is 2. The van der Waals surface area contributed by atoms with Crippen molar-refractivity contribution in [3.63, 3.8) is 0 Å². The number of rotatable bonds is 2. The average molecular weight is 331 g/mol. The Balaban J connectivity index is 2.33. The number of halogens is 3. The molecule has 0 saturated carbocycles. The van der Waals surface area contributed by atoms with Crippen molar-refractivity contribution < 1.29 is 27.5 Å². The molecule has 1 fully saturated rings. The van der Waals surface area contributed by atoms with Gasteiger partial charge in [-0.05, 0) is 31.4 Å². The van der Waals surface area contributed by atoms with E-state index in [-0.39, 0.29) is 6.54 Å². The van der Waals surface area contributed by atoms with Crippen LogP contribution in [0.5, 0.6) is 0 Å². The van der Waals surface area contributed by atoms with E-state index in [1.54, 1.807) is 0 Å². The Morgan fingerprint density at radius 3 is 2.65 bits per heavy atom. The highest BCUT2D eigenvalue weighted by molar-refractivity contribution is 5.95. The molecule has 0 aromatic carbocycles. The molecule has 2 heterocycles. The first-order valence-corrected chi connectivity index (χ1v) is 6.98. The van der Waals surface area contributed by atoms with Gasteiger partial charge in [0.25, 0.3) is 5.91 Å². The first-order valence-electron chi connectivity index (χ1n) is 6.98. The summed E-state index contributed by atoms with van der Waals surface area (Å²) in [5.41, 5.74) is 3.00. The van der Waals surface area contributed by atoms with Crippen molar-refractivity contribution >= 4 is 17.6 Å². The minimum absolute atomic E-state index is 0.256. The van der Waals surface area contributed by atoms with E-state index in [2.05, 4.69) is 9.72 Å². The molecule has 2 rings (SSSR count). The number of esters is 1.